The summed E-state index contributed by atoms with van der Waals surface area (Å²) in [5, 5.41) is 6.71. The van der Waals surface area contributed by atoms with Crippen LogP contribution in [0.3, 0.4) is 0 Å². The molecular weight excluding hydrogens is 218 g/mol. The molecular formula is C10H12ClNOS. The fraction of sp³-hybridized carbons (Fsp3) is 0.300. The molecule has 1 aromatic heterocycles. The third kappa shape index (κ3) is 4.44. The predicted octanol–water partition coefficient (Wildman–Crippen LogP) is 2.51. The maximum absolute atomic E-state index is 11.2. The molecule has 1 N–H and O–H groups in total. The number of carbonyl (C=O) groups is 1. The zero-order chi connectivity index (χ0) is 10.2. The molecule has 0 spiro atoms. The van der Waals surface area contributed by atoms with Crippen molar-refractivity contribution in [2.45, 2.75) is 6.42 Å². The summed E-state index contributed by atoms with van der Waals surface area (Å²) < 4.78 is 0. The van der Waals surface area contributed by atoms with Crippen LogP contribution >= 0.6 is 22.9 Å². The Bertz CT molecular complexity index is 295. The second-order valence-corrected chi connectivity index (χ2v) is 3.88. The number of nitrogens with one attached hydrogen (secondary N) is 1. The van der Waals surface area contributed by atoms with Gasteiger partial charge < -0.3 is 5.32 Å². The normalized spacial score (nSPS) is 10.6. The van der Waals surface area contributed by atoms with E-state index < -0.39 is 0 Å². The molecule has 0 unspecified atom stereocenters. The topological polar surface area (TPSA) is 29.1 Å². The first-order chi connectivity index (χ1) is 6.83. The maximum Gasteiger partial charge on any atom is 0.244 e. The van der Waals surface area contributed by atoms with E-state index in [-0.39, 0.29) is 5.91 Å². The summed E-state index contributed by atoms with van der Waals surface area (Å²) in [5.74, 6) is 0.510. The molecule has 1 amide bonds. The van der Waals surface area contributed by atoms with Gasteiger partial charge in [0, 0.05) is 18.5 Å². The van der Waals surface area contributed by atoms with Crippen LogP contribution in [-0.4, -0.2) is 18.3 Å². The van der Waals surface area contributed by atoms with Crippen LogP contribution in [0, 0.1) is 0 Å². The van der Waals surface area contributed by atoms with Crippen LogP contribution in [0.1, 0.15) is 12.0 Å². The molecule has 1 heterocycles. The summed E-state index contributed by atoms with van der Waals surface area (Å²) in [5.41, 5.74) is 1.06. The van der Waals surface area contributed by atoms with Gasteiger partial charge in [-0.25, -0.2) is 0 Å². The number of halogens is 1. The van der Waals surface area contributed by atoms with Gasteiger partial charge in [0.15, 0.2) is 0 Å². The molecule has 0 aromatic carbocycles. The van der Waals surface area contributed by atoms with Crippen LogP contribution in [0.25, 0.3) is 6.08 Å². The molecule has 0 atom stereocenters. The lowest BCUT2D eigenvalue weighted by Crippen LogP contribution is -2.22. The Labute approximate surface area is 92.6 Å². The molecule has 0 aliphatic rings. The van der Waals surface area contributed by atoms with Crippen molar-refractivity contribution in [2.75, 3.05) is 12.4 Å². The van der Waals surface area contributed by atoms with E-state index in [1.165, 1.54) is 6.08 Å². The number of alkyl halides is 1. The lowest BCUT2D eigenvalue weighted by atomic mass is 10.3. The molecule has 4 heteroatoms. The molecule has 0 bridgehead atoms. The van der Waals surface area contributed by atoms with Gasteiger partial charge in [0.2, 0.25) is 5.91 Å². The number of carbonyl (C=O) groups excluding carboxylic acids is 1. The summed E-state index contributed by atoms with van der Waals surface area (Å²) in [6.45, 7) is 0.635. The summed E-state index contributed by atoms with van der Waals surface area (Å²) in [4.78, 5) is 11.2. The Balaban J connectivity index is 2.26. The molecule has 0 saturated carbocycles. The van der Waals surface area contributed by atoms with Crippen molar-refractivity contribution >= 4 is 34.9 Å². The third-order valence-electron chi connectivity index (χ3n) is 1.58. The highest BCUT2D eigenvalue weighted by Gasteiger charge is 1.93. The molecule has 0 fully saturated rings. The largest absolute Gasteiger partial charge is 0.353 e. The first kappa shape index (κ1) is 11.3. The van der Waals surface area contributed by atoms with Gasteiger partial charge in [0.25, 0.3) is 0 Å². The minimum Gasteiger partial charge on any atom is -0.353 e. The lowest BCUT2D eigenvalue weighted by molar-refractivity contribution is -0.116. The van der Waals surface area contributed by atoms with E-state index in [2.05, 4.69) is 5.32 Å². The number of thiophene rings is 1. The number of hydrogen-bond donors (Lipinski definition) is 1. The van der Waals surface area contributed by atoms with Gasteiger partial charge >= 0.3 is 0 Å². The minimum absolute atomic E-state index is 0.0682. The molecule has 76 valence electrons. The SMILES string of the molecule is O=C(/C=C/c1ccsc1)NCCCCl. The van der Waals surface area contributed by atoms with Crippen molar-refractivity contribution in [1.29, 1.82) is 0 Å². The van der Waals surface area contributed by atoms with Gasteiger partial charge in [-0.1, -0.05) is 0 Å². The second kappa shape index (κ2) is 6.62. The second-order valence-electron chi connectivity index (χ2n) is 2.72. The smallest absolute Gasteiger partial charge is 0.244 e. The van der Waals surface area contributed by atoms with Crippen LogP contribution < -0.4 is 5.32 Å². The van der Waals surface area contributed by atoms with Crippen molar-refractivity contribution in [2.24, 2.45) is 0 Å². The van der Waals surface area contributed by atoms with E-state index in [0.717, 1.165) is 12.0 Å². The van der Waals surface area contributed by atoms with Crippen LogP contribution in [-0.2, 0) is 4.79 Å². The molecule has 1 aromatic rings. The van der Waals surface area contributed by atoms with Gasteiger partial charge in [-0.15, -0.1) is 11.6 Å². The van der Waals surface area contributed by atoms with Gasteiger partial charge in [-0.05, 0) is 34.9 Å². The molecule has 0 aliphatic carbocycles. The average molecular weight is 230 g/mol. The number of hydrogen-bond acceptors (Lipinski definition) is 2. The summed E-state index contributed by atoms with van der Waals surface area (Å²) in [7, 11) is 0. The van der Waals surface area contributed by atoms with Crippen molar-refractivity contribution in [1.82, 2.24) is 5.32 Å². The maximum atomic E-state index is 11.2. The van der Waals surface area contributed by atoms with Crippen LogP contribution in [0.2, 0.25) is 0 Å². The van der Waals surface area contributed by atoms with Gasteiger partial charge in [0.05, 0.1) is 0 Å². The highest BCUT2D eigenvalue weighted by atomic mass is 35.5. The Hall–Kier alpha value is -0.800. The monoisotopic (exact) mass is 229 g/mol. The van der Waals surface area contributed by atoms with E-state index in [9.17, 15) is 4.79 Å². The summed E-state index contributed by atoms with van der Waals surface area (Å²) >= 11 is 7.09. The Morgan fingerprint density at radius 2 is 2.50 bits per heavy atom. The average Bonchev–Trinajstić information content (AvgIpc) is 2.68. The first-order valence-corrected chi connectivity index (χ1v) is 5.85. The highest BCUT2D eigenvalue weighted by Crippen LogP contribution is 2.07. The van der Waals surface area contributed by atoms with E-state index >= 15 is 0 Å². The van der Waals surface area contributed by atoms with E-state index in [1.54, 1.807) is 17.4 Å². The summed E-state index contributed by atoms with van der Waals surface area (Å²) in [6, 6.07) is 1.97. The van der Waals surface area contributed by atoms with E-state index in [4.69, 9.17) is 11.6 Å². The molecule has 14 heavy (non-hydrogen) atoms. The van der Waals surface area contributed by atoms with Crippen molar-refractivity contribution in [3.05, 3.63) is 28.5 Å². The fourth-order valence-electron chi connectivity index (χ4n) is 0.879. The summed E-state index contributed by atoms with van der Waals surface area (Å²) in [6.07, 6.45) is 4.14. The quantitative estimate of drug-likeness (QED) is 0.469. The highest BCUT2D eigenvalue weighted by molar-refractivity contribution is 7.08. The van der Waals surface area contributed by atoms with Crippen LogP contribution in [0.5, 0.6) is 0 Å². The zero-order valence-electron chi connectivity index (χ0n) is 7.70. The van der Waals surface area contributed by atoms with Crippen LogP contribution in [0.4, 0.5) is 0 Å². The van der Waals surface area contributed by atoms with Gasteiger partial charge in [-0.3, -0.25) is 4.79 Å². The van der Waals surface area contributed by atoms with Crippen molar-refractivity contribution in [3.8, 4) is 0 Å². The molecule has 0 radical (unpaired) electrons. The molecule has 0 aliphatic heterocycles. The lowest BCUT2D eigenvalue weighted by Gasteiger charge is -1.97. The van der Waals surface area contributed by atoms with Crippen molar-refractivity contribution < 1.29 is 4.79 Å². The van der Waals surface area contributed by atoms with Crippen LogP contribution in [0.15, 0.2) is 22.9 Å². The zero-order valence-corrected chi connectivity index (χ0v) is 9.27. The Morgan fingerprint density at radius 1 is 1.64 bits per heavy atom. The molecule has 1 rings (SSSR count). The van der Waals surface area contributed by atoms with Gasteiger partial charge in [-0.2, -0.15) is 11.3 Å². The minimum atomic E-state index is -0.0682. The standard InChI is InChI=1S/C10H12ClNOS/c11-5-1-6-12-10(13)3-2-9-4-7-14-8-9/h2-4,7-8H,1,5-6H2,(H,12,13)/b3-2+. The third-order valence-corrected chi connectivity index (χ3v) is 2.55. The Morgan fingerprint density at radius 3 is 3.14 bits per heavy atom. The first-order valence-electron chi connectivity index (χ1n) is 4.37. The number of amides is 1. The fourth-order valence-corrected chi connectivity index (χ4v) is 1.64. The van der Waals surface area contributed by atoms with E-state index in [0.29, 0.717) is 12.4 Å². The van der Waals surface area contributed by atoms with E-state index in [1.807, 2.05) is 16.8 Å². The number of rotatable bonds is 5. The van der Waals surface area contributed by atoms with Crippen molar-refractivity contribution in [3.63, 3.8) is 0 Å². The molecule has 2 nitrogen and oxygen atoms in total. The molecule has 0 saturated heterocycles. The van der Waals surface area contributed by atoms with Gasteiger partial charge in [0.1, 0.15) is 0 Å². The Kier molecular flexibility index (Phi) is 5.33. The predicted molar refractivity (Wildman–Crippen MR) is 61.7 cm³/mol.